The van der Waals surface area contributed by atoms with Crippen molar-refractivity contribution in [2.45, 2.75) is 12.7 Å². The summed E-state index contributed by atoms with van der Waals surface area (Å²) in [6.45, 7) is 0.439. The van der Waals surface area contributed by atoms with Gasteiger partial charge in [-0.1, -0.05) is 23.7 Å². The number of carbonyl (C=O) groups is 1. The Morgan fingerprint density at radius 2 is 2.00 bits per heavy atom. The second-order valence-corrected chi connectivity index (χ2v) is 5.85. The smallest absolute Gasteiger partial charge is 0.322 e. The fraction of sp³-hybridized carbons (Fsp3) is 0.118. The lowest BCUT2D eigenvalue weighted by atomic mass is 10.1. The van der Waals surface area contributed by atoms with Gasteiger partial charge in [0.25, 0.3) is 5.91 Å². The molecule has 0 bridgehead atoms. The molecule has 26 heavy (non-hydrogen) atoms. The zero-order chi connectivity index (χ0) is 18.7. The van der Waals surface area contributed by atoms with Gasteiger partial charge in [-0.05, 0) is 35.9 Å². The Labute approximate surface area is 151 Å². The number of alkyl halides is 3. The summed E-state index contributed by atoms with van der Waals surface area (Å²) in [5.41, 5.74) is 0.0830. The number of anilines is 1. The van der Waals surface area contributed by atoms with Gasteiger partial charge in [-0.3, -0.25) is 4.79 Å². The summed E-state index contributed by atoms with van der Waals surface area (Å²) in [5.74, 6) is -0.723. The van der Waals surface area contributed by atoms with Gasteiger partial charge < -0.3 is 5.32 Å². The first-order valence-corrected chi connectivity index (χ1v) is 7.80. The molecule has 2 aromatic carbocycles. The van der Waals surface area contributed by atoms with Crippen LogP contribution in [0.15, 0.2) is 55.1 Å². The predicted octanol–water partition coefficient (Wildman–Crippen LogP) is 4.25. The molecular weight excluding hydrogens is 369 g/mol. The molecule has 9 heteroatoms. The molecule has 1 amide bonds. The number of hydrogen-bond donors (Lipinski definition) is 1. The van der Waals surface area contributed by atoms with E-state index in [1.807, 2.05) is 6.07 Å². The number of benzene rings is 2. The lowest BCUT2D eigenvalue weighted by Crippen LogP contribution is -2.15. The Kier molecular flexibility index (Phi) is 4.94. The highest BCUT2D eigenvalue weighted by molar-refractivity contribution is 6.34. The molecule has 0 spiro atoms. The number of carbonyl (C=O) groups excluding carboxylic acids is 1. The number of nitrogens with one attached hydrogen (secondary N) is 1. The molecule has 0 unspecified atom stereocenters. The molecule has 0 saturated carbocycles. The van der Waals surface area contributed by atoms with E-state index in [4.69, 9.17) is 11.6 Å². The molecule has 0 aliphatic rings. The van der Waals surface area contributed by atoms with Gasteiger partial charge in [0.1, 0.15) is 12.7 Å². The van der Waals surface area contributed by atoms with Gasteiger partial charge in [0.15, 0.2) is 0 Å². The fourth-order valence-corrected chi connectivity index (χ4v) is 2.53. The lowest BCUT2D eigenvalue weighted by molar-refractivity contribution is -0.137. The van der Waals surface area contributed by atoms with Crippen molar-refractivity contribution in [2.24, 2.45) is 0 Å². The summed E-state index contributed by atoms with van der Waals surface area (Å²) in [4.78, 5) is 16.2. The molecule has 3 aromatic rings. The van der Waals surface area contributed by atoms with Crippen LogP contribution in [0.2, 0.25) is 5.02 Å². The van der Waals surface area contributed by atoms with Gasteiger partial charge in [-0.15, -0.1) is 0 Å². The van der Waals surface area contributed by atoms with Crippen molar-refractivity contribution in [1.82, 2.24) is 14.8 Å². The largest absolute Gasteiger partial charge is 0.416 e. The Morgan fingerprint density at radius 1 is 1.19 bits per heavy atom. The van der Waals surface area contributed by atoms with Crippen LogP contribution >= 0.6 is 11.6 Å². The highest BCUT2D eigenvalue weighted by Gasteiger charge is 2.31. The Balaban J connectivity index is 1.80. The first-order chi connectivity index (χ1) is 12.3. The van der Waals surface area contributed by atoms with E-state index < -0.39 is 17.6 Å². The minimum Gasteiger partial charge on any atom is -0.322 e. The maximum Gasteiger partial charge on any atom is 0.416 e. The Morgan fingerprint density at radius 3 is 2.69 bits per heavy atom. The minimum absolute atomic E-state index is 0.0609. The number of nitrogens with zero attached hydrogens (tertiary/aromatic N) is 3. The molecule has 134 valence electrons. The number of aromatic nitrogens is 3. The summed E-state index contributed by atoms with van der Waals surface area (Å²) < 4.78 is 40.1. The number of rotatable bonds is 4. The zero-order valence-electron chi connectivity index (χ0n) is 13.2. The van der Waals surface area contributed by atoms with E-state index in [2.05, 4.69) is 15.4 Å². The average Bonchev–Trinajstić information content (AvgIpc) is 3.07. The Hall–Kier alpha value is -2.87. The standard InChI is InChI=1S/C17H12ClF3N4O/c18-15-5-4-12(17(19,20)21)7-14(15)16(26)24-13-3-1-2-11(6-13)8-25-10-22-9-23-25/h1-7,9-10H,8H2,(H,24,26). The minimum atomic E-state index is -4.56. The summed E-state index contributed by atoms with van der Waals surface area (Å²) >= 11 is 5.89. The fourth-order valence-electron chi connectivity index (χ4n) is 2.32. The van der Waals surface area contributed by atoms with Crippen molar-refractivity contribution in [3.8, 4) is 0 Å². The molecule has 0 aliphatic heterocycles. The third kappa shape index (κ3) is 4.20. The van der Waals surface area contributed by atoms with Crippen LogP contribution in [-0.2, 0) is 12.7 Å². The van der Waals surface area contributed by atoms with Crippen LogP contribution in [-0.4, -0.2) is 20.7 Å². The number of hydrogen-bond acceptors (Lipinski definition) is 3. The van der Waals surface area contributed by atoms with Crippen molar-refractivity contribution in [3.63, 3.8) is 0 Å². The van der Waals surface area contributed by atoms with Crippen LogP contribution < -0.4 is 5.32 Å². The molecule has 0 fully saturated rings. The predicted molar refractivity (Wildman–Crippen MR) is 90.0 cm³/mol. The second-order valence-electron chi connectivity index (χ2n) is 5.44. The first kappa shape index (κ1) is 17.9. The molecule has 0 radical (unpaired) electrons. The summed E-state index contributed by atoms with van der Waals surface area (Å²) in [6.07, 6.45) is -1.60. The van der Waals surface area contributed by atoms with E-state index >= 15 is 0 Å². The van der Waals surface area contributed by atoms with Gasteiger partial charge in [0, 0.05) is 5.69 Å². The maximum atomic E-state index is 12.8. The van der Waals surface area contributed by atoms with Gasteiger partial charge in [0.2, 0.25) is 0 Å². The van der Waals surface area contributed by atoms with Crippen molar-refractivity contribution >= 4 is 23.2 Å². The van der Waals surface area contributed by atoms with Crippen molar-refractivity contribution < 1.29 is 18.0 Å². The molecule has 1 N–H and O–H groups in total. The normalized spacial score (nSPS) is 11.4. The van der Waals surface area contributed by atoms with E-state index in [1.54, 1.807) is 29.2 Å². The van der Waals surface area contributed by atoms with Crippen LogP contribution in [0.3, 0.4) is 0 Å². The average molecular weight is 381 g/mol. The molecule has 5 nitrogen and oxygen atoms in total. The molecular formula is C17H12ClF3N4O. The molecule has 3 rings (SSSR count). The summed E-state index contributed by atoms with van der Waals surface area (Å²) in [7, 11) is 0. The first-order valence-electron chi connectivity index (χ1n) is 7.42. The molecule has 0 atom stereocenters. The lowest BCUT2D eigenvalue weighted by Gasteiger charge is -2.11. The third-order valence-corrected chi connectivity index (χ3v) is 3.86. The monoisotopic (exact) mass is 380 g/mol. The maximum absolute atomic E-state index is 12.8. The molecule has 0 aliphatic carbocycles. The Bertz CT molecular complexity index is 926. The highest BCUT2D eigenvalue weighted by atomic mass is 35.5. The highest BCUT2D eigenvalue weighted by Crippen LogP contribution is 2.32. The number of halogens is 4. The zero-order valence-corrected chi connectivity index (χ0v) is 13.9. The van der Waals surface area contributed by atoms with Gasteiger partial charge >= 0.3 is 6.18 Å². The summed E-state index contributed by atoms with van der Waals surface area (Å²) in [5, 5.41) is 6.49. The quantitative estimate of drug-likeness (QED) is 0.736. The summed E-state index contributed by atoms with van der Waals surface area (Å²) in [6, 6.07) is 9.49. The van der Waals surface area contributed by atoms with E-state index in [9.17, 15) is 18.0 Å². The van der Waals surface area contributed by atoms with Crippen molar-refractivity contribution in [2.75, 3.05) is 5.32 Å². The van der Waals surface area contributed by atoms with E-state index in [0.29, 0.717) is 12.2 Å². The number of amides is 1. The van der Waals surface area contributed by atoms with Crippen LogP contribution in [0.5, 0.6) is 0 Å². The van der Waals surface area contributed by atoms with Gasteiger partial charge in [-0.2, -0.15) is 18.3 Å². The van der Waals surface area contributed by atoms with Crippen LogP contribution in [0.25, 0.3) is 0 Å². The van der Waals surface area contributed by atoms with E-state index in [-0.39, 0.29) is 10.6 Å². The third-order valence-electron chi connectivity index (χ3n) is 3.53. The second kappa shape index (κ2) is 7.17. The molecule has 0 saturated heterocycles. The van der Waals surface area contributed by atoms with Gasteiger partial charge in [0.05, 0.1) is 22.7 Å². The molecule has 1 heterocycles. The SMILES string of the molecule is O=C(Nc1cccc(Cn2cncn2)c1)c1cc(C(F)(F)F)ccc1Cl. The van der Waals surface area contributed by atoms with Crippen LogP contribution in [0, 0.1) is 0 Å². The van der Waals surface area contributed by atoms with Crippen molar-refractivity contribution in [1.29, 1.82) is 0 Å². The van der Waals surface area contributed by atoms with Crippen molar-refractivity contribution in [3.05, 3.63) is 76.8 Å². The topological polar surface area (TPSA) is 59.8 Å². The van der Waals surface area contributed by atoms with E-state index in [0.717, 1.165) is 23.8 Å². The van der Waals surface area contributed by atoms with Crippen LogP contribution in [0.1, 0.15) is 21.5 Å². The van der Waals surface area contributed by atoms with E-state index in [1.165, 1.54) is 6.33 Å². The van der Waals surface area contributed by atoms with Crippen LogP contribution in [0.4, 0.5) is 18.9 Å². The van der Waals surface area contributed by atoms with Gasteiger partial charge in [-0.25, -0.2) is 9.67 Å². The molecule has 1 aromatic heterocycles.